The highest BCUT2D eigenvalue weighted by Gasteiger charge is 2.36. The standard InChI is InChI=1S/C9H14N2O3/c10-14-11-9(12)13-5-8-4-6-1-2-7(8)3-6/h1-2,6-8H,3-5,10H2,(H,11,12). The van der Waals surface area contributed by atoms with Gasteiger partial charge in [-0.05, 0) is 24.7 Å². The van der Waals surface area contributed by atoms with Crippen LogP contribution in [0.5, 0.6) is 0 Å². The van der Waals surface area contributed by atoms with Crippen molar-refractivity contribution in [2.45, 2.75) is 12.8 Å². The molecule has 78 valence electrons. The van der Waals surface area contributed by atoms with Gasteiger partial charge in [-0.15, -0.1) is 0 Å². The van der Waals surface area contributed by atoms with Crippen molar-refractivity contribution in [3.8, 4) is 0 Å². The van der Waals surface area contributed by atoms with Crippen LogP contribution in [0.25, 0.3) is 0 Å². The number of rotatable bonds is 3. The first-order valence-corrected chi connectivity index (χ1v) is 4.76. The van der Waals surface area contributed by atoms with Gasteiger partial charge in [0, 0.05) is 5.92 Å². The fourth-order valence-corrected chi connectivity index (χ4v) is 2.35. The summed E-state index contributed by atoms with van der Waals surface area (Å²) in [4.78, 5) is 14.8. The molecule has 2 aliphatic rings. The molecule has 0 saturated heterocycles. The molecule has 14 heavy (non-hydrogen) atoms. The molecule has 2 bridgehead atoms. The van der Waals surface area contributed by atoms with Crippen molar-refractivity contribution >= 4 is 6.09 Å². The first-order chi connectivity index (χ1) is 6.79. The van der Waals surface area contributed by atoms with Gasteiger partial charge in [0.05, 0.1) is 6.61 Å². The van der Waals surface area contributed by atoms with Crippen LogP contribution < -0.4 is 11.4 Å². The number of amides is 1. The van der Waals surface area contributed by atoms with E-state index < -0.39 is 6.09 Å². The number of nitrogens with two attached hydrogens (primary N) is 1. The van der Waals surface area contributed by atoms with Crippen LogP contribution in [-0.2, 0) is 9.68 Å². The zero-order valence-electron chi connectivity index (χ0n) is 7.81. The molecule has 2 rings (SSSR count). The Kier molecular flexibility index (Phi) is 2.69. The molecule has 1 saturated carbocycles. The minimum Gasteiger partial charge on any atom is -0.448 e. The highest BCUT2D eigenvalue weighted by molar-refractivity contribution is 5.65. The lowest BCUT2D eigenvalue weighted by atomic mass is 9.95. The Labute approximate surface area is 82.1 Å². The molecule has 3 N–H and O–H groups in total. The lowest BCUT2D eigenvalue weighted by Crippen LogP contribution is -2.29. The fraction of sp³-hybridized carbons (Fsp3) is 0.667. The van der Waals surface area contributed by atoms with Crippen molar-refractivity contribution in [2.75, 3.05) is 6.61 Å². The Hall–Kier alpha value is -1.07. The normalized spacial score (nSPS) is 33.4. The van der Waals surface area contributed by atoms with Gasteiger partial charge in [-0.25, -0.2) is 4.79 Å². The van der Waals surface area contributed by atoms with Crippen LogP contribution >= 0.6 is 0 Å². The summed E-state index contributed by atoms with van der Waals surface area (Å²) in [6.07, 6.45) is 6.18. The summed E-state index contributed by atoms with van der Waals surface area (Å²) < 4.78 is 4.93. The molecule has 0 aliphatic heterocycles. The summed E-state index contributed by atoms with van der Waals surface area (Å²) in [7, 11) is 0. The number of carbonyl (C=O) groups excluding carboxylic acids is 1. The van der Waals surface area contributed by atoms with E-state index in [2.05, 4.69) is 23.0 Å². The zero-order chi connectivity index (χ0) is 9.97. The quantitative estimate of drug-likeness (QED) is 0.518. The molecule has 3 unspecified atom stereocenters. The largest absolute Gasteiger partial charge is 0.448 e. The molecule has 3 atom stereocenters. The molecule has 0 aromatic carbocycles. The minimum atomic E-state index is -0.626. The van der Waals surface area contributed by atoms with Gasteiger partial charge in [0.15, 0.2) is 0 Å². The van der Waals surface area contributed by atoms with Crippen molar-refractivity contribution in [3.63, 3.8) is 0 Å². The third-order valence-electron chi connectivity index (χ3n) is 2.99. The van der Waals surface area contributed by atoms with Crippen LogP contribution in [0.1, 0.15) is 12.8 Å². The van der Waals surface area contributed by atoms with Crippen LogP contribution in [-0.4, -0.2) is 12.7 Å². The molecule has 0 radical (unpaired) electrons. The Morgan fingerprint density at radius 1 is 1.50 bits per heavy atom. The summed E-state index contributed by atoms with van der Waals surface area (Å²) in [6, 6.07) is 0. The number of carbonyl (C=O) groups is 1. The van der Waals surface area contributed by atoms with Gasteiger partial charge in [0.2, 0.25) is 0 Å². The first-order valence-electron chi connectivity index (χ1n) is 4.76. The number of hydroxylamine groups is 1. The zero-order valence-corrected chi connectivity index (χ0v) is 7.81. The molecule has 1 fully saturated rings. The van der Waals surface area contributed by atoms with E-state index in [-0.39, 0.29) is 0 Å². The van der Waals surface area contributed by atoms with Crippen LogP contribution in [0.15, 0.2) is 12.2 Å². The lowest BCUT2D eigenvalue weighted by Gasteiger charge is -2.17. The van der Waals surface area contributed by atoms with E-state index in [9.17, 15) is 4.79 Å². The van der Waals surface area contributed by atoms with Crippen LogP contribution in [0.2, 0.25) is 0 Å². The van der Waals surface area contributed by atoms with Gasteiger partial charge in [-0.3, -0.25) is 0 Å². The maximum absolute atomic E-state index is 10.8. The lowest BCUT2D eigenvalue weighted by molar-refractivity contribution is 0.0213. The summed E-state index contributed by atoms with van der Waals surface area (Å²) in [5.74, 6) is 6.40. The van der Waals surface area contributed by atoms with E-state index >= 15 is 0 Å². The van der Waals surface area contributed by atoms with Crippen molar-refractivity contribution < 1.29 is 14.5 Å². The molecule has 5 heteroatoms. The minimum absolute atomic E-state index is 0.445. The fourth-order valence-electron chi connectivity index (χ4n) is 2.35. The summed E-state index contributed by atoms with van der Waals surface area (Å²) in [6.45, 7) is 0.445. The van der Waals surface area contributed by atoms with Crippen LogP contribution in [0.4, 0.5) is 4.79 Å². The number of allylic oxidation sites excluding steroid dienone is 2. The topological polar surface area (TPSA) is 73.6 Å². The van der Waals surface area contributed by atoms with Gasteiger partial charge >= 0.3 is 6.09 Å². The van der Waals surface area contributed by atoms with Crippen LogP contribution in [0, 0.1) is 17.8 Å². The van der Waals surface area contributed by atoms with Gasteiger partial charge in [-0.2, -0.15) is 16.3 Å². The smallest absolute Gasteiger partial charge is 0.432 e. The molecule has 0 aromatic rings. The average Bonchev–Trinajstić information content (AvgIpc) is 2.76. The van der Waals surface area contributed by atoms with Crippen LogP contribution in [0.3, 0.4) is 0 Å². The van der Waals surface area contributed by atoms with Gasteiger partial charge in [0.25, 0.3) is 0 Å². The maximum Gasteiger partial charge on any atom is 0.432 e. The number of fused-ring (bicyclic) bond motifs is 2. The van der Waals surface area contributed by atoms with E-state index in [1.54, 1.807) is 0 Å². The van der Waals surface area contributed by atoms with E-state index in [4.69, 9.17) is 4.74 Å². The van der Waals surface area contributed by atoms with Crippen molar-refractivity contribution in [3.05, 3.63) is 12.2 Å². The summed E-state index contributed by atoms with van der Waals surface area (Å²) >= 11 is 0. The highest BCUT2D eigenvalue weighted by atomic mass is 16.8. The number of hydrogen-bond acceptors (Lipinski definition) is 4. The molecular weight excluding hydrogens is 184 g/mol. The van der Waals surface area contributed by atoms with E-state index in [1.807, 2.05) is 5.48 Å². The Morgan fingerprint density at radius 2 is 2.36 bits per heavy atom. The summed E-state index contributed by atoms with van der Waals surface area (Å²) in [5, 5.41) is 0. The summed E-state index contributed by atoms with van der Waals surface area (Å²) in [5.41, 5.74) is 1.91. The predicted octanol–water partition coefficient (Wildman–Crippen LogP) is 0.730. The third kappa shape index (κ3) is 1.88. The maximum atomic E-state index is 10.8. The molecule has 5 nitrogen and oxygen atoms in total. The number of nitrogens with one attached hydrogen (secondary N) is 1. The van der Waals surface area contributed by atoms with Gasteiger partial charge < -0.3 is 4.74 Å². The molecule has 0 heterocycles. The number of ether oxygens (including phenoxy) is 1. The first kappa shape index (κ1) is 9.48. The van der Waals surface area contributed by atoms with Crippen molar-refractivity contribution in [2.24, 2.45) is 23.7 Å². The van der Waals surface area contributed by atoms with E-state index in [1.165, 1.54) is 6.42 Å². The highest BCUT2D eigenvalue weighted by Crippen LogP contribution is 2.43. The second kappa shape index (κ2) is 3.98. The molecule has 2 aliphatic carbocycles. The van der Waals surface area contributed by atoms with Gasteiger partial charge in [0.1, 0.15) is 0 Å². The predicted molar refractivity (Wildman–Crippen MR) is 48.6 cm³/mol. The van der Waals surface area contributed by atoms with Crippen molar-refractivity contribution in [1.29, 1.82) is 0 Å². The van der Waals surface area contributed by atoms with E-state index in [0.717, 1.165) is 6.42 Å². The molecule has 0 aromatic heterocycles. The molecule has 1 amide bonds. The van der Waals surface area contributed by atoms with E-state index in [0.29, 0.717) is 24.4 Å². The SMILES string of the molecule is NONC(=O)OCC1CC2C=CC1C2. The second-order valence-corrected chi connectivity index (χ2v) is 3.86. The Balaban J connectivity index is 1.72. The molecule has 0 spiro atoms. The average molecular weight is 198 g/mol. The Morgan fingerprint density at radius 3 is 2.93 bits per heavy atom. The second-order valence-electron chi connectivity index (χ2n) is 3.86. The molecular formula is C9H14N2O3. The van der Waals surface area contributed by atoms with Crippen molar-refractivity contribution in [1.82, 2.24) is 5.48 Å². The Bertz CT molecular complexity index is 254. The third-order valence-corrected chi connectivity index (χ3v) is 2.99. The number of hydrogen-bond donors (Lipinski definition) is 2. The van der Waals surface area contributed by atoms with Gasteiger partial charge in [-0.1, -0.05) is 12.2 Å². The monoisotopic (exact) mass is 198 g/mol.